The third-order valence-electron chi connectivity index (χ3n) is 1.46. The highest BCUT2D eigenvalue weighted by Crippen LogP contribution is 2.20. The maximum atomic E-state index is 12.0. The Morgan fingerprint density at radius 1 is 1.67 bits per heavy atom. The van der Waals surface area contributed by atoms with Gasteiger partial charge >= 0.3 is 12.1 Å². The van der Waals surface area contributed by atoms with Crippen LogP contribution < -0.4 is 0 Å². The maximum absolute atomic E-state index is 12.0. The molecule has 1 aromatic heterocycles. The molecule has 1 rings (SSSR count). The van der Waals surface area contributed by atoms with Gasteiger partial charge in [0.1, 0.15) is 16.7 Å². The van der Waals surface area contributed by atoms with Crippen molar-refractivity contribution in [1.29, 1.82) is 0 Å². The van der Waals surface area contributed by atoms with Gasteiger partial charge in [-0.1, -0.05) is 0 Å². The first kappa shape index (κ1) is 12.0. The SMILES string of the molecule is COC(=O)c1cn(CC(F)(F)F)nc1Br. The van der Waals surface area contributed by atoms with Crippen LogP contribution >= 0.6 is 15.9 Å². The summed E-state index contributed by atoms with van der Waals surface area (Å²) in [7, 11) is 1.13. The van der Waals surface area contributed by atoms with Crippen LogP contribution in [0.4, 0.5) is 13.2 Å². The summed E-state index contributed by atoms with van der Waals surface area (Å²) in [5, 5.41) is 3.48. The average molecular weight is 287 g/mol. The number of ether oxygens (including phenoxy) is 1. The van der Waals surface area contributed by atoms with E-state index in [1.54, 1.807) is 0 Å². The number of esters is 1. The van der Waals surface area contributed by atoms with Crippen LogP contribution in [0.15, 0.2) is 10.8 Å². The Hall–Kier alpha value is -1.05. The highest BCUT2D eigenvalue weighted by molar-refractivity contribution is 9.10. The lowest BCUT2D eigenvalue weighted by Crippen LogP contribution is -2.18. The van der Waals surface area contributed by atoms with Crippen molar-refractivity contribution in [2.24, 2.45) is 0 Å². The van der Waals surface area contributed by atoms with E-state index in [1.165, 1.54) is 0 Å². The van der Waals surface area contributed by atoms with E-state index in [1.807, 2.05) is 0 Å². The van der Waals surface area contributed by atoms with Crippen molar-refractivity contribution in [3.8, 4) is 0 Å². The van der Waals surface area contributed by atoms with Crippen molar-refractivity contribution in [3.05, 3.63) is 16.4 Å². The Morgan fingerprint density at radius 3 is 2.73 bits per heavy atom. The first-order chi connectivity index (χ1) is 6.83. The minimum Gasteiger partial charge on any atom is -0.465 e. The molecule has 0 saturated carbocycles. The van der Waals surface area contributed by atoms with Gasteiger partial charge in [-0.3, -0.25) is 4.68 Å². The second-order valence-electron chi connectivity index (χ2n) is 2.64. The van der Waals surface area contributed by atoms with Gasteiger partial charge < -0.3 is 4.74 Å². The van der Waals surface area contributed by atoms with Crippen LogP contribution in [-0.4, -0.2) is 29.0 Å². The molecule has 0 aliphatic rings. The van der Waals surface area contributed by atoms with Gasteiger partial charge in [0.05, 0.1) is 7.11 Å². The zero-order valence-electron chi connectivity index (χ0n) is 7.51. The largest absolute Gasteiger partial charge is 0.465 e. The first-order valence-electron chi connectivity index (χ1n) is 3.71. The van der Waals surface area contributed by atoms with Gasteiger partial charge in [-0.15, -0.1) is 0 Å². The summed E-state index contributed by atoms with van der Waals surface area (Å²) in [4.78, 5) is 11.0. The molecule has 0 atom stereocenters. The van der Waals surface area contributed by atoms with E-state index in [4.69, 9.17) is 0 Å². The van der Waals surface area contributed by atoms with Gasteiger partial charge in [0, 0.05) is 6.20 Å². The van der Waals surface area contributed by atoms with E-state index >= 15 is 0 Å². The summed E-state index contributed by atoms with van der Waals surface area (Å²) < 4.78 is 40.9. The summed E-state index contributed by atoms with van der Waals surface area (Å²) in [6, 6.07) is 0. The van der Waals surface area contributed by atoms with E-state index < -0.39 is 18.7 Å². The Morgan fingerprint density at radius 2 is 2.27 bits per heavy atom. The third-order valence-corrected chi connectivity index (χ3v) is 2.05. The number of halogens is 4. The second kappa shape index (κ2) is 4.21. The highest BCUT2D eigenvalue weighted by Gasteiger charge is 2.29. The molecule has 0 amide bonds. The Balaban J connectivity index is 2.91. The molecule has 1 heterocycles. The number of methoxy groups -OCH3 is 1. The molecule has 0 bridgehead atoms. The molecule has 0 spiro atoms. The summed E-state index contributed by atoms with van der Waals surface area (Å²) in [6.45, 7) is -1.25. The molecule has 0 aliphatic heterocycles. The standard InChI is InChI=1S/C7H6BrF3N2O2/c1-15-6(14)4-2-13(12-5(4)8)3-7(9,10)11/h2H,3H2,1H3. The predicted octanol–water partition coefficient (Wildman–Crippen LogP) is 1.99. The predicted molar refractivity (Wildman–Crippen MR) is 47.3 cm³/mol. The molecule has 4 nitrogen and oxygen atoms in total. The molecule has 15 heavy (non-hydrogen) atoms. The van der Waals surface area contributed by atoms with Gasteiger partial charge in [-0.2, -0.15) is 18.3 Å². The molecule has 8 heteroatoms. The average Bonchev–Trinajstić information content (AvgIpc) is 2.42. The lowest BCUT2D eigenvalue weighted by atomic mass is 10.4. The van der Waals surface area contributed by atoms with E-state index in [0.29, 0.717) is 4.68 Å². The molecule has 0 fully saturated rings. The first-order valence-corrected chi connectivity index (χ1v) is 4.51. The van der Waals surface area contributed by atoms with Gasteiger partial charge in [0.15, 0.2) is 0 Å². The molecule has 0 unspecified atom stereocenters. The topological polar surface area (TPSA) is 44.1 Å². The number of hydrogen-bond donors (Lipinski definition) is 0. The molecule has 0 aromatic carbocycles. The van der Waals surface area contributed by atoms with E-state index in [0.717, 1.165) is 13.3 Å². The second-order valence-corrected chi connectivity index (χ2v) is 3.39. The van der Waals surface area contributed by atoms with Crippen molar-refractivity contribution in [3.63, 3.8) is 0 Å². The fourth-order valence-corrected chi connectivity index (χ4v) is 1.38. The molecule has 84 valence electrons. The molecule has 0 radical (unpaired) electrons. The van der Waals surface area contributed by atoms with Crippen molar-refractivity contribution >= 4 is 21.9 Å². The smallest absolute Gasteiger partial charge is 0.408 e. The Kier molecular flexibility index (Phi) is 3.38. The van der Waals surface area contributed by atoms with Crippen molar-refractivity contribution in [2.75, 3.05) is 7.11 Å². The molecular weight excluding hydrogens is 281 g/mol. The van der Waals surface area contributed by atoms with Crippen LogP contribution in [0.2, 0.25) is 0 Å². The number of alkyl halides is 3. The van der Waals surface area contributed by atoms with Crippen LogP contribution in [0, 0.1) is 0 Å². The van der Waals surface area contributed by atoms with E-state index in [-0.39, 0.29) is 10.2 Å². The summed E-state index contributed by atoms with van der Waals surface area (Å²) in [5.74, 6) is -0.740. The minimum absolute atomic E-state index is 0.0265. The molecule has 1 aromatic rings. The number of nitrogens with zero attached hydrogens (tertiary/aromatic N) is 2. The fourth-order valence-electron chi connectivity index (χ4n) is 0.909. The van der Waals surface area contributed by atoms with Gasteiger partial charge in [-0.05, 0) is 15.9 Å². The van der Waals surface area contributed by atoms with Crippen LogP contribution in [0.5, 0.6) is 0 Å². The molecule has 0 N–H and O–H groups in total. The zero-order valence-corrected chi connectivity index (χ0v) is 9.09. The quantitative estimate of drug-likeness (QED) is 0.781. The third kappa shape index (κ3) is 3.22. The summed E-state index contributed by atoms with van der Waals surface area (Å²) in [6.07, 6.45) is -3.40. The zero-order chi connectivity index (χ0) is 11.6. The van der Waals surface area contributed by atoms with Gasteiger partial charge in [0.2, 0.25) is 0 Å². The number of carbonyl (C=O) groups is 1. The van der Waals surface area contributed by atoms with Crippen molar-refractivity contribution in [2.45, 2.75) is 12.7 Å². The highest BCUT2D eigenvalue weighted by atomic mass is 79.9. The normalized spacial score (nSPS) is 11.5. The maximum Gasteiger partial charge on any atom is 0.408 e. The fraction of sp³-hybridized carbons (Fsp3) is 0.429. The van der Waals surface area contributed by atoms with Crippen LogP contribution in [0.1, 0.15) is 10.4 Å². The lowest BCUT2D eigenvalue weighted by Gasteiger charge is -2.04. The Bertz CT molecular complexity index is 375. The van der Waals surface area contributed by atoms with Crippen molar-refractivity contribution < 1.29 is 22.7 Å². The van der Waals surface area contributed by atoms with Crippen LogP contribution in [0.3, 0.4) is 0 Å². The summed E-state index contributed by atoms with van der Waals surface area (Å²) in [5.41, 5.74) is -0.0400. The van der Waals surface area contributed by atoms with Crippen molar-refractivity contribution in [1.82, 2.24) is 9.78 Å². The number of hydrogen-bond acceptors (Lipinski definition) is 3. The minimum atomic E-state index is -4.38. The van der Waals surface area contributed by atoms with E-state index in [9.17, 15) is 18.0 Å². The van der Waals surface area contributed by atoms with Gasteiger partial charge in [0.25, 0.3) is 0 Å². The molecule has 0 aliphatic carbocycles. The van der Waals surface area contributed by atoms with Gasteiger partial charge in [-0.25, -0.2) is 4.79 Å². The van der Waals surface area contributed by atoms with Crippen LogP contribution in [-0.2, 0) is 11.3 Å². The molecular formula is C7H6BrF3N2O2. The lowest BCUT2D eigenvalue weighted by molar-refractivity contribution is -0.142. The number of rotatable bonds is 2. The monoisotopic (exact) mass is 286 g/mol. The van der Waals surface area contributed by atoms with Crippen LogP contribution in [0.25, 0.3) is 0 Å². The Labute approximate surface area is 91.1 Å². The van der Waals surface area contributed by atoms with E-state index in [2.05, 4.69) is 25.8 Å². The number of aromatic nitrogens is 2. The summed E-state index contributed by atoms with van der Waals surface area (Å²) >= 11 is 2.87. The number of carbonyl (C=O) groups excluding carboxylic acids is 1. The molecule has 0 saturated heterocycles.